The van der Waals surface area contributed by atoms with E-state index in [9.17, 15) is 14.7 Å². The summed E-state index contributed by atoms with van der Waals surface area (Å²) in [6.07, 6.45) is 14.5. The van der Waals surface area contributed by atoms with E-state index in [0.717, 1.165) is 112 Å². The Bertz CT molecular complexity index is 2880. The second-order valence-electron chi connectivity index (χ2n) is 22.2. The van der Waals surface area contributed by atoms with Gasteiger partial charge in [-0.1, -0.05) is 53.2 Å². The molecule has 11 rings (SSSR count). The van der Waals surface area contributed by atoms with E-state index in [1.54, 1.807) is 7.11 Å². The molecule has 5 N–H and O–H groups in total. The SMILES string of the molecule is COCNC(CC(C)C)C(O)N1CCCC1c1ncc(C2C=C(C)C3=C2OC(c2ccc(C4CCC4)nc2)n2c3cc3cc(-c4cnc(C5CC5N(C(=O)C(NC(=O)OC)C(C)C)C5CC5C)[nH]4)ccc32)[nH]1. The molecule has 4 fully saturated rings. The van der Waals surface area contributed by atoms with Crippen molar-refractivity contribution in [1.29, 1.82) is 0 Å². The average molecular weight is 981 g/mol. The number of imidazole rings is 2. The number of aliphatic hydroxyl groups is 1. The first-order chi connectivity index (χ1) is 34.8. The van der Waals surface area contributed by atoms with Crippen LogP contribution in [0.1, 0.15) is 157 Å². The van der Waals surface area contributed by atoms with Gasteiger partial charge in [-0.15, -0.1) is 0 Å². The first-order valence-electron chi connectivity index (χ1n) is 26.4. The molecule has 1 saturated heterocycles. The lowest BCUT2D eigenvalue weighted by Crippen LogP contribution is -2.53. The number of methoxy groups -OCH3 is 2. The largest absolute Gasteiger partial charge is 0.468 e. The van der Waals surface area contributed by atoms with Crippen molar-refractivity contribution in [1.82, 2.24) is 49.9 Å². The van der Waals surface area contributed by atoms with Crippen LogP contribution in [0.4, 0.5) is 4.79 Å². The van der Waals surface area contributed by atoms with E-state index < -0.39 is 24.6 Å². The third-order valence-corrected chi connectivity index (χ3v) is 16.4. The van der Waals surface area contributed by atoms with Gasteiger partial charge >= 0.3 is 6.09 Å². The van der Waals surface area contributed by atoms with Crippen molar-refractivity contribution >= 4 is 28.5 Å². The van der Waals surface area contributed by atoms with E-state index in [-0.39, 0.29) is 47.8 Å². The minimum Gasteiger partial charge on any atom is -0.468 e. The number of allylic oxidation sites excluding steroid dienone is 3. The number of pyridine rings is 1. The van der Waals surface area contributed by atoms with Crippen LogP contribution in [0.5, 0.6) is 0 Å². The molecule has 16 heteroatoms. The van der Waals surface area contributed by atoms with Gasteiger partial charge in [0, 0.05) is 89.5 Å². The van der Waals surface area contributed by atoms with Gasteiger partial charge in [-0.25, -0.2) is 14.8 Å². The zero-order chi connectivity index (χ0) is 50.1. The molecule has 10 unspecified atom stereocenters. The summed E-state index contributed by atoms with van der Waals surface area (Å²) in [4.78, 5) is 53.0. The van der Waals surface area contributed by atoms with Crippen LogP contribution in [0, 0.1) is 17.8 Å². The van der Waals surface area contributed by atoms with Crippen molar-refractivity contribution in [3.63, 3.8) is 0 Å². The Kier molecular flexibility index (Phi) is 13.2. The number of nitrogens with zero attached hydrogens (tertiary/aromatic N) is 6. The van der Waals surface area contributed by atoms with Crippen LogP contribution in [0.25, 0.3) is 27.7 Å². The number of benzene rings is 1. The highest BCUT2D eigenvalue weighted by molar-refractivity contribution is 5.94. The molecule has 5 aromatic rings. The topological polar surface area (TPSA) is 188 Å². The molecule has 72 heavy (non-hydrogen) atoms. The third kappa shape index (κ3) is 8.95. The maximum Gasteiger partial charge on any atom is 0.407 e. The van der Waals surface area contributed by atoms with Gasteiger partial charge < -0.3 is 44.1 Å². The number of hydrogen-bond donors (Lipinski definition) is 5. The Hall–Kier alpha value is -5.81. The number of likely N-dealkylation sites (tertiary alicyclic amines) is 1. The minimum absolute atomic E-state index is 0.00536. The smallest absolute Gasteiger partial charge is 0.407 e. The molecule has 382 valence electrons. The highest BCUT2D eigenvalue weighted by atomic mass is 16.5. The summed E-state index contributed by atoms with van der Waals surface area (Å²) in [5.41, 5.74) is 9.38. The van der Waals surface area contributed by atoms with Crippen LogP contribution in [0.2, 0.25) is 0 Å². The number of hydrogen-bond acceptors (Lipinski definition) is 11. The second kappa shape index (κ2) is 19.6. The Morgan fingerprint density at radius 3 is 2.46 bits per heavy atom. The third-order valence-electron chi connectivity index (χ3n) is 16.4. The zero-order valence-electron chi connectivity index (χ0n) is 43.0. The molecular formula is C56H72N10O6. The summed E-state index contributed by atoms with van der Waals surface area (Å²) < 4.78 is 19.9. The lowest BCUT2D eigenvalue weighted by molar-refractivity contribution is -0.136. The summed E-state index contributed by atoms with van der Waals surface area (Å²) in [7, 11) is 2.99. The molecule has 2 amide bonds. The number of rotatable bonds is 18. The number of amides is 2. The minimum atomic E-state index is -0.687. The first-order valence-corrected chi connectivity index (χ1v) is 26.4. The van der Waals surface area contributed by atoms with Gasteiger partial charge in [0.2, 0.25) is 12.1 Å². The number of aromatic nitrogens is 6. The number of aromatic amines is 2. The van der Waals surface area contributed by atoms with Crippen LogP contribution in [-0.2, 0) is 19.0 Å². The number of fused-ring (bicyclic) bond motifs is 4. The number of nitrogens with one attached hydrogen (secondary N) is 4. The fourth-order valence-corrected chi connectivity index (χ4v) is 12.1. The van der Waals surface area contributed by atoms with Crippen LogP contribution in [0.15, 0.2) is 72.4 Å². The molecular weight excluding hydrogens is 909 g/mol. The number of alkyl carbamates (subject to hydrolysis) is 1. The standard InChI is InChI=1S/C56H72N10O6/c1-29(2)19-40(60-28-70-7)53(67)64-18-10-13-44(64)52-59-27-42(62-52)37-20-32(6)48-47-23-36-22-34(15-17-43(36)66(47)55(72-50(37)48)35-14-16-39(57-25-35)33-11-9-12-33)41-26-58-51(61-41)38-24-46(38)65(45-21-31(45)5)54(68)49(30(3)4)63-56(69)71-8/h14-17,20,22-23,25-27,29-31,33,37-38,40,44-46,49,53,55,60,67H,9-13,18-19,21,24,28H2,1-8H3,(H,58,61)(H,59,62)(H,63,69). The number of H-pyrrole nitrogens is 2. The Labute approximate surface area is 422 Å². The summed E-state index contributed by atoms with van der Waals surface area (Å²) >= 11 is 0. The first kappa shape index (κ1) is 48.5. The van der Waals surface area contributed by atoms with Crippen LogP contribution >= 0.6 is 0 Å². The predicted octanol–water partition coefficient (Wildman–Crippen LogP) is 8.99. The van der Waals surface area contributed by atoms with Crippen molar-refractivity contribution in [2.75, 3.05) is 27.5 Å². The highest BCUT2D eigenvalue weighted by Crippen LogP contribution is 2.52. The predicted molar refractivity (Wildman–Crippen MR) is 274 cm³/mol. The van der Waals surface area contributed by atoms with Gasteiger partial charge in [-0.2, -0.15) is 0 Å². The molecule has 4 aromatic heterocycles. The number of ether oxygens (including phenoxy) is 3. The maximum absolute atomic E-state index is 14.1. The molecule has 3 saturated carbocycles. The molecule has 0 spiro atoms. The van der Waals surface area contributed by atoms with Crippen molar-refractivity contribution in [2.24, 2.45) is 17.8 Å². The van der Waals surface area contributed by atoms with E-state index in [1.807, 2.05) is 37.3 Å². The van der Waals surface area contributed by atoms with Crippen molar-refractivity contribution < 1.29 is 28.9 Å². The quantitative estimate of drug-likeness (QED) is 0.0528. The summed E-state index contributed by atoms with van der Waals surface area (Å²) in [5, 5.41) is 19.1. The molecule has 16 nitrogen and oxygen atoms in total. The van der Waals surface area contributed by atoms with Gasteiger partial charge in [0.05, 0.1) is 48.9 Å². The summed E-state index contributed by atoms with van der Waals surface area (Å²) in [6.45, 7) is 13.8. The summed E-state index contributed by atoms with van der Waals surface area (Å²) in [5.74, 6) is 3.69. The van der Waals surface area contributed by atoms with Gasteiger partial charge in [0.15, 0.2) is 0 Å². The fourth-order valence-electron chi connectivity index (χ4n) is 12.1. The molecule has 0 radical (unpaired) electrons. The highest BCUT2D eigenvalue weighted by Gasteiger charge is 2.55. The normalized spacial score (nSPS) is 26.0. The Morgan fingerprint density at radius 1 is 0.958 bits per heavy atom. The zero-order valence-corrected chi connectivity index (χ0v) is 43.0. The van der Waals surface area contributed by atoms with Crippen LogP contribution in [-0.4, -0.2) is 114 Å². The molecule has 0 bridgehead atoms. The van der Waals surface area contributed by atoms with Gasteiger partial charge in [-0.05, 0) is 106 Å². The Balaban J connectivity index is 0.890. The molecule has 10 atom stereocenters. The number of carbonyl (C=O) groups excluding carboxylic acids is 2. The Morgan fingerprint density at radius 2 is 1.76 bits per heavy atom. The number of aliphatic hydroxyl groups excluding tert-OH is 1. The number of carbonyl (C=O) groups is 2. The van der Waals surface area contributed by atoms with Crippen molar-refractivity contribution in [3.8, 4) is 11.3 Å². The molecule has 2 aliphatic heterocycles. The van der Waals surface area contributed by atoms with Crippen molar-refractivity contribution in [2.45, 2.75) is 153 Å². The van der Waals surface area contributed by atoms with Crippen LogP contribution < -0.4 is 10.6 Å². The fraction of sp³-hybridized carbons (Fsp3) is 0.554. The van der Waals surface area contributed by atoms with E-state index >= 15 is 0 Å². The van der Waals surface area contributed by atoms with Gasteiger partial charge in [-0.3, -0.25) is 20.0 Å². The maximum atomic E-state index is 14.1. The van der Waals surface area contributed by atoms with Crippen molar-refractivity contribution in [3.05, 3.63) is 107 Å². The van der Waals surface area contributed by atoms with Gasteiger partial charge in [0.25, 0.3) is 0 Å². The van der Waals surface area contributed by atoms with E-state index in [4.69, 9.17) is 29.2 Å². The average Bonchev–Trinajstić information content (AvgIpc) is 3.80. The van der Waals surface area contributed by atoms with Crippen LogP contribution in [0.3, 0.4) is 0 Å². The lowest BCUT2D eigenvalue weighted by atomic mass is 9.82. The summed E-state index contributed by atoms with van der Waals surface area (Å²) in [6, 6.07) is 12.5. The molecule has 4 aliphatic carbocycles. The molecule has 1 aromatic carbocycles. The van der Waals surface area contributed by atoms with E-state index in [0.29, 0.717) is 24.5 Å². The monoisotopic (exact) mass is 981 g/mol. The molecule has 6 heterocycles. The second-order valence-corrected chi connectivity index (χ2v) is 22.2. The van der Waals surface area contributed by atoms with E-state index in [2.05, 4.69) is 100 Å². The lowest BCUT2D eigenvalue weighted by Gasteiger charge is -2.35. The van der Waals surface area contributed by atoms with E-state index in [1.165, 1.54) is 26.4 Å². The van der Waals surface area contributed by atoms with Gasteiger partial charge in [0.1, 0.15) is 29.7 Å². The molecule has 6 aliphatic rings.